The standard InChI is InChI=1S/C16H21NO3S/c1-20-16(19)14-8-5-10-17(14)15(18)9-11-21-12-13-6-3-2-4-7-13/h2-4,6-7,14H,5,8-12H2,1H3/t14-/m1/s1. The minimum Gasteiger partial charge on any atom is -0.467 e. The monoisotopic (exact) mass is 307 g/mol. The first-order valence-electron chi connectivity index (χ1n) is 7.21. The number of carbonyl (C=O) groups excluding carboxylic acids is 2. The molecule has 1 amide bonds. The van der Waals surface area contributed by atoms with E-state index in [0.717, 1.165) is 24.3 Å². The lowest BCUT2D eigenvalue weighted by Gasteiger charge is -2.22. The van der Waals surface area contributed by atoms with E-state index in [2.05, 4.69) is 12.1 Å². The Labute approximate surface area is 129 Å². The third-order valence-corrected chi connectivity index (χ3v) is 4.65. The molecule has 0 aliphatic carbocycles. The number of nitrogens with zero attached hydrogens (tertiary/aromatic N) is 1. The lowest BCUT2D eigenvalue weighted by Crippen LogP contribution is -2.41. The number of likely N-dealkylation sites (tertiary alicyclic amines) is 1. The molecule has 1 aliphatic rings. The molecule has 0 unspecified atom stereocenters. The van der Waals surface area contributed by atoms with Gasteiger partial charge in [-0.15, -0.1) is 0 Å². The number of carbonyl (C=O) groups is 2. The number of amides is 1. The van der Waals surface area contributed by atoms with Crippen LogP contribution in [-0.2, 0) is 20.1 Å². The van der Waals surface area contributed by atoms with Gasteiger partial charge in [0.1, 0.15) is 6.04 Å². The third kappa shape index (κ3) is 4.49. The van der Waals surface area contributed by atoms with Gasteiger partial charge in [-0.3, -0.25) is 4.79 Å². The summed E-state index contributed by atoms with van der Waals surface area (Å²) in [6.07, 6.45) is 2.07. The minimum atomic E-state index is -0.373. The molecule has 21 heavy (non-hydrogen) atoms. The van der Waals surface area contributed by atoms with E-state index in [1.807, 2.05) is 18.2 Å². The zero-order valence-electron chi connectivity index (χ0n) is 12.3. The topological polar surface area (TPSA) is 46.6 Å². The number of benzene rings is 1. The lowest BCUT2D eigenvalue weighted by molar-refractivity contribution is -0.150. The van der Waals surface area contributed by atoms with E-state index in [1.165, 1.54) is 12.7 Å². The second-order valence-electron chi connectivity index (χ2n) is 5.06. The van der Waals surface area contributed by atoms with E-state index >= 15 is 0 Å². The highest BCUT2D eigenvalue weighted by Crippen LogP contribution is 2.20. The van der Waals surface area contributed by atoms with Gasteiger partial charge < -0.3 is 9.64 Å². The molecule has 0 aromatic heterocycles. The second kappa shape index (κ2) is 8.08. The first kappa shape index (κ1) is 15.9. The minimum absolute atomic E-state index is 0.0588. The maximum Gasteiger partial charge on any atom is 0.328 e. The molecule has 0 bridgehead atoms. The van der Waals surface area contributed by atoms with Gasteiger partial charge in [0.05, 0.1) is 7.11 Å². The molecule has 1 aromatic rings. The maximum atomic E-state index is 12.2. The molecular weight excluding hydrogens is 286 g/mol. The fourth-order valence-corrected chi connectivity index (χ4v) is 3.41. The average molecular weight is 307 g/mol. The Balaban J connectivity index is 1.73. The predicted molar refractivity (Wildman–Crippen MR) is 84.0 cm³/mol. The largest absolute Gasteiger partial charge is 0.467 e. The van der Waals surface area contributed by atoms with Crippen molar-refractivity contribution in [3.05, 3.63) is 35.9 Å². The van der Waals surface area contributed by atoms with Gasteiger partial charge in [0.2, 0.25) is 5.91 Å². The average Bonchev–Trinajstić information content (AvgIpc) is 3.01. The van der Waals surface area contributed by atoms with Crippen molar-refractivity contribution in [2.45, 2.75) is 31.1 Å². The van der Waals surface area contributed by atoms with Crippen LogP contribution in [0.15, 0.2) is 30.3 Å². The summed E-state index contributed by atoms with van der Waals surface area (Å²) in [6, 6.07) is 9.84. The zero-order valence-corrected chi connectivity index (χ0v) is 13.1. The Kier molecular flexibility index (Phi) is 6.11. The molecule has 0 spiro atoms. The van der Waals surface area contributed by atoms with Crippen LogP contribution in [-0.4, -0.2) is 42.2 Å². The van der Waals surface area contributed by atoms with Gasteiger partial charge in [0.25, 0.3) is 0 Å². The van der Waals surface area contributed by atoms with Crippen LogP contribution in [0.1, 0.15) is 24.8 Å². The van der Waals surface area contributed by atoms with Crippen molar-refractivity contribution in [3.63, 3.8) is 0 Å². The summed E-state index contributed by atoms with van der Waals surface area (Å²) in [6.45, 7) is 0.669. The van der Waals surface area contributed by atoms with Crippen molar-refractivity contribution in [1.29, 1.82) is 0 Å². The van der Waals surface area contributed by atoms with Crippen LogP contribution in [0.2, 0.25) is 0 Å². The number of hydrogen-bond acceptors (Lipinski definition) is 4. The maximum absolute atomic E-state index is 12.2. The molecule has 1 atom stereocenters. The Morgan fingerprint density at radius 3 is 2.81 bits per heavy atom. The molecule has 1 aliphatic heterocycles. The summed E-state index contributed by atoms with van der Waals surface area (Å²) >= 11 is 1.75. The van der Waals surface area contributed by atoms with E-state index in [1.54, 1.807) is 16.7 Å². The first-order chi connectivity index (χ1) is 10.2. The highest BCUT2D eigenvalue weighted by Gasteiger charge is 2.34. The molecule has 4 nitrogen and oxygen atoms in total. The fraction of sp³-hybridized carbons (Fsp3) is 0.500. The van der Waals surface area contributed by atoms with Crippen LogP contribution in [0.25, 0.3) is 0 Å². The number of ether oxygens (including phenoxy) is 1. The Morgan fingerprint density at radius 1 is 1.33 bits per heavy atom. The molecule has 1 heterocycles. The van der Waals surface area contributed by atoms with Crippen LogP contribution < -0.4 is 0 Å². The van der Waals surface area contributed by atoms with Gasteiger partial charge in [-0.1, -0.05) is 30.3 Å². The second-order valence-corrected chi connectivity index (χ2v) is 6.16. The highest BCUT2D eigenvalue weighted by atomic mass is 32.2. The van der Waals surface area contributed by atoms with Gasteiger partial charge in [0, 0.05) is 24.5 Å². The van der Waals surface area contributed by atoms with Crippen molar-refractivity contribution < 1.29 is 14.3 Å². The molecule has 0 N–H and O–H groups in total. The summed E-state index contributed by atoms with van der Waals surface area (Å²) in [5, 5.41) is 0. The molecule has 1 aromatic carbocycles. The highest BCUT2D eigenvalue weighted by molar-refractivity contribution is 7.98. The van der Waals surface area contributed by atoms with E-state index < -0.39 is 0 Å². The third-order valence-electron chi connectivity index (χ3n) is 3.62. The van der Waals surface area contributed by atoms with E-state index in [-0.39, 0.29) is 17.9 Å². The fourth-order valence-electron chi connectivity index (χ4n) is 2.51. The number of methoxy groups -OCH3 is 1. The summed E-state index contributed by atoms with van der Waals surface area (Å²) in [4.78, 5) is 25.5. The number of esters is 1. The molecule has 114 valence electrons. The Morgan fingerprint density at radius 2 is 2.10 bits per heavy atom. The molecule has 0 radical (unpaired) electrons. The Hall–Kier alpha value is -1.49. The molecule has 2 rings (SSSR count). The van der Waals surface area contributed by atoms with Crippen molar-refractivity contribution in [2.24, 2.45) is 0 Å². The van der Waals surface area contributed by atoms with Crippen molar-refractivity contribution in [2.75, 3.05) is 19.4 Å². The van der Waals surface area contributed by atoms with Crippen molar-refractivity contribution >= 4 is 23.6 Å². The van der Waals surface area contributed by atoms with Crippen LogP contribution >= 0.6 is 11.8 Å². The van der Waals surface area contributed by atoms with Gasteiger partial charge in [0.15, 0.2) is 0 Å². The number of thioether (sulfide) groups is 1. The quantitative estimate of drug-likeness (QED) is 0.598. The van der Waals surface area contributed by atoms with Gasteiger partial charge in [-0.2, -0.15) is 11.8 Å². The molecule has 5 heteroatoms. The van der Waals surface area contributed by atoms with Gasteiger partial charge in [-0.05, 0) is 18.4 Å². The normalized spacial score (nSPS) is 17.8. The number of rotatable bonds is 6. The zero-order chi connectivity index (χ0) is 15.1. The van der Waals surface area contributed by atoms with Crippen LogP contribution in [0, 0.1) is 0 Å². The summed E-state index contributed by atoms with van der Waals surface area (Å²) < 4.78 is 4.76. The number of hydrogen-bond donors (Lipinski definition) is 0. The summed E-state index contributed by atoms with van der Waals surface area (Å²) in [5.41, 5.74) is 1.27. The van der Waals surface area contributed by atoms with Gasteiger partial charge in [-0.25, -0.2) is 4.79 Å². The van der Waals surface area contributed by atoms with Crippen molar-refractivity contribution in [1.82, 2.24) is 4.90 Å². The van der Waals surface area contributed by atoms with E-state index in [0.29, 0.717) is 13.0 Å². The molecule has 1 saturated heterocycles. The predicted octanol–water partition coefficient (Wildman–Crippen LogP) is 2.47. The molecular formula is C16H21NO3S. The van der Waals surface area contributed by atoms with Crippen molar-refractivity contribution in [3.8, 4) is 0 Å². The summed E-state index contributed by atoms with van der Waals surface area (Å²) in [7, 11) is 1.37. The molecule has 0 saturated carbocycles. The first-order valence-corrected chi connectivity index (χ1v) is 8.37. The van der Waals surface area contributed by atoms with Crippen LogP contribution in [0.4, 0.5) is 0 Å². The molecule has 1 fully saturated rings. The van der Waals surface area contributed by atoms with Crippen LogP contribution in [0.5, 0.6) is 0 Å². The van der Waals surface area contributed by atoms with Gasteiger partial charge >= 0.3 is 5.97 Å². The smallest absolute Gasteiger partial charge is 0.328 e. The van der Waals surface area contributed by atoms with E-state index in [4.69, 9.17) is 4.74 Å². The SMILES string of the molecule is COC(=O)[C@H]1CCCN1C(=O)CCSCc1ccccc1. The van der Waals surface area contributed by atoms with E-state index in [9.17, 15) is 9.59 Å². The Bertz CT molecular complexity index is 478. The van der Waals surface area contributed by atoms with Crippen LogP contribution in [0.3, 0.4) is 0 Å². The summed E-state index contributed by atoms with van der Waals surface area (Å²) in [5.74, 6) is 1.45. The lowest BCUT2D eigenvalue weighted by atomic mass is 10.2.